The van der Waals surface area contributed by atoms with Crippen molar-refractivity contribution in [1.82, 2.24) is 9.97 Å². The highest BCUT2D eigenvalue weighted by atomic mass is 32.1. The van der Waals surface area contributed by atoms with E-state index in [4.69, 9.17) is 5.26 Å². The van der Waals surface area contributed by atoms with Crippen molar-refractivity contribution >= 4 is 22.8 Å². The van der Waals surface area contributed by atoms with Gasteiger partial charge in [0.1, 0.15) is 11.1 Å². The molecule has 0 aliphatic heterocycles. The Hall–Kier alpha value is -2.53. The highest BCUT2D eigenvalue weighted by molar-refractivity contribution is 7.11. The summed E-state index contributed by atoms with van der Waals surface area (Å²) in [5.74, 6) is 0.134. The van der Waals surface area contributed by atoms with Crippen LogP contribution in [-0.2, 0) is 0 Å². The molecular formula is C12H11N5O2S. The van der Waals surface area contributed by atoms with Crippen molar-refractivity contribution in [3.8, 4) is 6.07 Å². The lowest BCUT2D eigenvalue weighted by Crippen LogP contribution is -2.09. The predicted octanol–water partition coefficient (Wildman–Crippen LogP) is 2.80. The molecule has 0 bridgehead atoms. The van der Waals surface area contributed by atoms with Crippen LogP contribution in [0.3, 0.4) is 0 Å². The molecule has 0 aromatic carbocycles. The molecule has 1 atom stereocenters. The number of nitro groups is 1. The number of nitrogens with one attached hydrogen (secondary N) is 1. The van der Waals surface area contributed by atoms with Gasteiger partial charge in [0.25, 0.3) is 0 Å². The predicted molar refractivity (Wildman–Crippen MR) is 74.5 cm³/mol. The van der Waals surface area contributed by atoms with E-state index in [-0.39, 0.29) is 23.1 Å². The zero-order valence-electron chi connectivity index (χ0n) is 10.8. The first-order chi connectivity index (χ1) is 9.51. The van der Waals surface area contributed by atoms with Crippen molar-refractivity contribution in [2.45, 2.75) is 19.9 Å². The van der Waals surface area contributed by atoms with Gasteiger partial charge >= 0.3 is 5.69 Å². The second-order valence-electron chi connectivity index (χ2n) is 4.14. The summed E-state index contributed by atoms with van der Waals surface area (Å²) in [6, 6.07) is 2.84. The molecule has 2 rings (SSSR count). The lowest BCUT2D eigenvalue weighted by atomic mass is 10.2. The van der Waals surface area contributed by atoms with Gasteiger partial charge in [0.2, 0.25) is 5.82 Å². The largest absolute Gasteiger partial charge is 0.355 e. The second kappa shape index (κ2) is 5.63. The Morgan fingerprint density at radius 1 is 1.50 bits per heavy atom. The number of hydrogen-bond donors (Lipinski definition) is 1. The Bertz CT molecular complexity index is 691. The summed E-state index contributed by atoms with van der Waals surface area (Å²) in [6.45, 7) is 3.79. The number of aromatic nitrogens is 2. The Balaban J connectivity index is 2.29. The Labute approximate surface area is 119 Å². The second-order valence-corrected chi connectivity index (χ2v) is 5.40. The number of pyridine rings is 1. The average Bonchev–Trinajstić information content (AvgIpc) is 2.85. The van der Waals surface area contributed by atoms with Crippen LogP contribution >= 0.6 is 11.3 Å². The molecule has 0 fully saturated rings. The monoisotopic (exact) mass is 289 g/mol. The molecule has 0 spiro atoms. The maximum atomic E-state index is 11.0. The normalized spacial score (nSPS) is 11.7. The van der Waals surface area contributed by atoms with E-state index in [2.05, 4.69) is 15.3 Å². The Morgan fingerprint density at radius 2 is 2.25 bits per heavy atom. The first-order valence-corrected chi connectivity index (χ1v) is 6.56. The maximum Gasteiger partial charge on any atom is 0.312 e. The molecule has 102 valence electrons. The number of hydrogen-bond acceptors (Lipinski definition) is 7. The van der Waals surface area contributed by atoms with Gasteiger partial charge in [-0.05, 0) is 13.8 Å². The number of nitrogens with zero attached hydrogens (tertiary/aromatic N) is 4. The van der Waals surface area contributed by atoms with Gasteiger partial charge in [-0.2, -0.15) is 5.26 Å². The fourth-order valence-corrected chi connectivity index (χ4v) is 2.38. The molecule has 2 aromatic rings. The molecule has 0 saturated heterocycles. The fourth-order valence-electron chi connectivity index (χ4n) is 1.60. The minimum atomic E-state index is -0.560. The van der Waals surface area contributed by atoms with Crippen LogP contribution in [0.4, 0.5) is 11.5 Å². The van der Waals surface area contributed by atoms with Gasteiger partial charge in [0.15, 0.2) is 0 Å². The van der Waals surface area contributed by atoms with Gasteiger partial charge in [-0.15, -0.1) is 11.3 Å². The Kier molecular flexibility index (Phi) is 3.91. The number of nitriles is 1. The number of thiazole rings is 1. The summed E-state index contributed by atoms with van der Waals surface area (Å²) in [5.41, 5.74) is -0.0656. The van der Waals surface area contributed by atoms with Crippen LogP contribution in [0.25, 0.3) is 0 Å². The van der Waals surface area contributed by atoms with Crippen molar-refractivity contribution in [2.75, 3.05) is 5.32 Å². The van der Waals surface area contributed by atoms with E-state index in [1.165, 1.54) is 23.6 Å². The molecule has 0 aliphatic rings. The van der Waals surface area contributed by atoms with Gasteiger partial charge in [-0.3, -0.25) is 10.1 Å². The summed E-state index contributed by atoms with van der Waals surface area (Å²) in [6.07, 6.45) is 3.05. The molecule has 0 aliphatic carbocycles. The van der Waals surface area contributed by atoms with Crippen LogP contribution in [0.5, 0.6) is 0 Å². The minimum Gasteiger partial charge on any atom is -0.355 e. The fraction of sp³-hybridized carbons (Fsp3) is 0.250. The molecule has 0 radical (unpaired) electrons. The molecular weight excluding hydrogens is 278 g/mol. The van der Waals surface area contributed by atoms with Gasteiger partial charge in [0.05, 0.1) is 16.5 Å². The summed E-state index contributed by atoms with van der Waals surface area (Å²) in [4.78, 5) is 19.7. The zero-order valence-corrected chi connectivity index (χ0v) is 11.6. The van der Waals surface area contributed by atoms with Crippen LogP contribution in [0.15, 0.2) is 18.5 Å². The first-order valence-electron chi connectivity index (χ1n) is 5.74. The van der Waals surface area contributed by atoms with Gasteiger partial charge in [-0.25, -0.2) is 9.97 Å². The third-order valence-electron chi connectivity index (χ3n) is 2.56. The van der Waals surface area contributed by atoms with E-state index < -0.39 is 4.92 Å². The number of rotatable bonds is 4. The standard InChI is InChI=1S/C12H11N5O2S/c1-7-5-15-12(20-7)8(2)16-11-10(17(18)19)3-9(4-13)6-14-11/h3,5-6,8H,1-2H3,(H,14,16). The smallest absolute Gasteiger partial charge is 0.312 e. The molecule has 1 N–H and O–H groups in total. The van der Waals surface area contributed by atoms with Crippen LogP contribution in [0.2, 0.25) is 0 Å². The van der Waals surface area contributed by atoms with Crippen LogP contribution in [-0.4, -0.2) is 14.9 Å². The molecule has 0 saturated carbocycles. The van der Waals surface area contributed by atoms with Crippen molar-refractivity contribution in [3.05, 3.63) is 44.0 Å². The Morgan fingerprint density at radius 3 is 2.80 bits per heavy atom. The van der Waals surface area contributed by atoms with Crippen molar-refractivity contribution in [1.29, 1.82) is 5.26 Å². The van der Waals surface area contributed by atoms with E-state index >= 15 is 0 Å². The van der Waals surface area contributed by atoms with Crippen LogP contribution < -0.4 is 5.32 Å². The van der Waals surface area contributed by atoms with E-state index in [0.29, 0.717) is 0 Å². The lowest BCUT2D eigenvalue weighted by molar-refractivity contribution is -0.384. The molecule has 0 amide bonds. The van der Waals surface area contributed by atoms with Crippen molar-refractivity contribution in [2.24, 2.45) is 0 Å². The molecule has 8 heteroatoms. The van der Waals surface area contributed by atoms with E-state index in [0.717, 1.165) is 9.88 Å². The summed E-state index contributed by atoms with van der Waals surface area (Å²) in [7, 11) is 0. The number of aryl methyl sites for hydroxylation is 1. The van der Waals surface area contributed by atoms with Crippen molar-refractivity contribution < 1.29 is 4.92 Å². The molecule has 2 heterocycles. The third kappa shape index (κ3) is 2.89. The molecule has 2 aromatic heterocycles. The van der Waals surface area contributed by atoms with Crippen LogP contribution in [0, 0.1) is 28.4 Å². The summed E-state index contributed by atoms with van der Waals surface area (Å²) < 4.78 is 0. The molecule has 7 nitrogen and oxygen atoms in total. The van der Waals surface area contributed by atoms with Gasteiger partial charge in [0, 0.05) is 23.3 Å². The summed E-state index contributed by atoms with van der Waals surface area (Å²) in [5, 5.41) is 23.6. The lowest BCUT2D eigenvalue weighted by Gasteiger charge is -2.11. The van der Waals surface area contributed by atoms with E-state index in [1.54, 1.807) is 6.20 Å². The van der Waals surface area contributed by atoms with Gasteiger partial charge < -0.3 is 5.32 Å². The SMILES string of the molecule is Cc1cnc(C(C)Nc2ncc(C#N)cc2[N+](=O)[O-])s1. The van der Waals surface area contributed by atoms with Crippen LogP contribution in [0.1, 0.15) is 28.4 Å². The molecule has 1 unspecified atom stereocenters. The summed E-state index contributed by atoms with van der Waals surface area (Å²) >= 11 is 1.51. The number of anilines is 1. The minimum absolute atomic E-state index is 0.134. The quantitative estimate of drug-likeness (QED) is 0.685. The highest BCUT2D eigenvalue weighted by Crippen LogP contribution is 2.28. The van der Waals surface area contributed by atoms with Crippen molar-refractivity contribution in [3.63, 3.8) is 0 Å². The third-order valence-corrected chi connectivity index (χ3v) is 3.65. The van der Waals surface area contributed by atoms with E-state index in [9.17, 15) is 10.1 Å². The zero-order chi connectivity index (χ0) is 14.7. The highest BCUT2D eigenvalue weighted by Gasteiger charge is 2.19. The van der Waals surface area contributed by atoms with Gasteiger partial charge in [-0.1, -0.05) is 0 Å². The van der Waals surface area contributed by atoms with E-state index in [1.807, 2.05) is 19.9 Å². The molecule has 20 heavy (non-hydrogen) atoms. The first kappa shape index (κ1) is 13.9. The maximum absolute atomic E-state index is 11.0. The topological polar surface area (TPSA) is 105 Å². The average molecular weight is 289 g/mol.